The molecule has 0 radical (unpaired) electrons. The Hall–Kier alpha value is -0.353. The fraction of sp³-hybridized carbons (Fsp3) is 0.957. The van der Waals surface area contributed by atoms with Crippen LogP contribution in [0.3, 0.4) is 0 Å². The van der Waals surface area contributed by atoms with Crippen LogP contribution in [0.1, 0.15) is 87.0 Å². The standard InChI is InChI=1S/C23H42O3Si/c1-8-27(9-2,10-3)26-19-14-15-22(6)17(21(19,4)5)13-16-23(7)18(22)11-12-20(24)25-23/h17-19H,8-16H2,1-7H3/t17-,18+,19+,22-,23+/m0/s1. The van der Waals surface area contributed by atoms with Crippen LogP contribution in [0.5, 0.6) is 0 Å². The van der Waals surface area contributed by atoms with Crippen LogP contribution >= 0.6 is 0 Å². The van der Waals surface area contributed by atoms with E-state index in [1.807, 2.05) is 0 Å². The molecule has 0 amide bonds. The molecule has 2 aliphatic carbocycles. The first kappa shape index (κ1) is 21.4. The van der Waals surface area contributed by atoms with E-state index in [2.05, 4.69) is 48.5 Å². The van der Waals surface area contributed by atoms with Gasteiger partial charge in [0, 0.05) is 12.3 Å². The first-order chi connectivity index (χ1) is 12.6. The highest BCUT2D eigenvalue weighted by Crippen LogP contribution is 2.65. The molecule has 3 nitrogen and oxygen atoms in total. The Morgan fingerprint density at radius 1 is 0.963 bits per heavy atom. The van der Waals surface area contributed by atoms with Crippen LogP contribution in [-0.4, -0.2) is 26.0 Å². The van der Waals surface area contributed by atoms with E-state index < -0.39 is 8.32 Å². The van der Waals surface area contributed by atoms with Gasteiger partial charge in [-0.1, -0.05) is 41.5 Å². The summed E-state index contributed by atoms with van der Waals surface area (Å²) in [7, 11) is -1.60. The Morgan fingerprint density at radius 3 is 2.19 bits per heavy atom. The van der Waals surface area contributed by atoms with Gasteiger partial charge < -0.3 is 9.16 Å². The van der Waals surface area contributed by atoms with Crippen LogP contribution in [0.15, 0.2) is 0 Å². The molecule has 0 aromatic rings. The van der Waals surface area contributed by atoms with Crippen molar-refractivity contribution in [1.29, 1.82) is 0 Å². The lowest BCUT2D eigenvalue weighted by atomic mass is 9.44. The smallest absolute Gasteiger partial charge is 0.306 e. The normalized spacial score (nSPS) is 41.4. The van der Waals surface area contributed by atoms with Gasteiger partial charge in [0.1, 0.15) is 5.60 Å². The van der Waals surface area contributed by atoms with Gasteiger partial charge in [-0.15, -0.1) is 0 Å². The van der Waals surface area contributed by atoms with Gasteiger partial charge in [-0.3, -0.25) is 4.79 Å². The fourth-order valence-electron chi connectivity index (χ4n) is 7.33. The van der Waals surface area contributed by atoms with E-state index in [4.69, 9.17) is 9.16 Å². The van der Waals surface area contributed by atoms with E-state index in [9.17, 15) is 4.79 Å². The van der Waals surface area contributed by atoms with Crippen LogP contribution in [0, 0.1) is 22.7 Å². The lowest BCUT2D eigenvalue weighted by Gasteiger charge is -2.64. The van der Waals surface area contributed by atoms with Gasteiger partial charge in [0.2, 0.25) is 0 Å². The predicted molar refractivity (Wildman–Crippen MR) is 113 cm³/mol. The molecule has 3 aliphatic rings. The number of fused-ring (bicyclic) bond motifs is 3. The first-order valence-electron chi connectivity index (χ1n) is 11.5. The second-order valence-electron chi connectivity index (χ2n) is 10.7. The molecular weight excluding hydrogens is 352 g/mol. The van der Waals surface area contributed by atoms with Crippen molar-refractivity contribution in [1.82, 2.24) is 0 Å². The zero-order chi connectivity index (χ0) is 20.1. The number of hydrogen-bond acceptors (Lipinski definition) is 3. The molecular formula is C23H42O3Si. The van der Waals surface area contributed by atoms with Crippen molar-refractivity contribution in [3.63, 3.8) is 0 Å². The van der Waals surface area contributed by atoms with Crippen LogP contribution < -0.4 is 0 Å². The quantitative estimate of drug-likeness (QED) is 0.404. The second-order valence-corrected chi connectivity index (χ2v) is 15.4. The van der Waals surface area contributed by atoms with Crippen molar-refractivity contribution in [3.05, 3.63) is 0 Å². The molecule has 1 saturated heterocycles. The van der Waals surface area contributed by atoms with Gasteiger partial charge in [-0.25, -0.2) is 0 Å². The summed E-state index contributed by atoms with van der Waals surface area (Å²) in [6, 6.07) is 3.68. The average molecular weight is 395 g/mol. The summed E-state index contributed by atoms with van der Waals surface area (Å²) in [5.41, 5.74) is 0.193. The van der Waals surface area contributed by atoms with Crippen LogP contribution in [0.2, 0.25) is 18.1 Å². The summed E-state index contributed by atoms with van der Waals surface area (Å²) in [5.74, 6) is 1.15. The van der Waals surface area contributed by atoms with Gasteiger partial charge in [0.15, 0.2) is 8.32 Å². The molecule has 0 N–H and O–H groups in total. The third-order valence-electron chi connectivity index (χ3n) is 9.24. The highest BCUT2D eigenvalue weighted by atomic mass is 28.4. The summed E-state index contributed by atoms with van der Waals surface area (Å²) in [6.07, 6.45) is 6.53. The number of carbonyl (C=O) groups is 1. The van der Waals surface area contributed by atoms with Gasteiger partial charge in [-0.2, -0.15) is 0 Å². The maximum atomic E-state index is 12.0. The maximum absolute atomic E-state index is 12.0. The minimum absolute atomic E-state index is 0.0108. The Balaban J connectivity index is 1.87. The van der Waals surface area contributed by atoms with Crippen molar-refractivity contribution in [2.75, 3.05) is 0 Å². The predicted octanol–water partition coefficient (Wildman–Crippen LogP) is 6.33. The van der Waals surface area contributed by atoms with Crippen LogP contribution in [-0.2, 0) is 14.0 Å². The van der Waals surface area contributed by atoms with Crippen LogP contribution in [0.25, 0.3) is 0 Å². The molecule has 1 aliphatic heterocycles. The zero-order valence-electron chi connectivity index (χ0n) is 18.8. The van der Waals surface area contributed by atoms with E-state index in [0.29, 0.717) is 24.4 Å². The lowest BCUT2D eigenvalue weighted by molar-refractivity contribution is -0.225. The molecule has 27 heavy (non-hydrogen) atoms. The third kappa shape index (κ3) is 3.33. The van der Waals surface area contributed by atoms with Gasteiger partial charge in [-0.05, 0) is 73.9 Å². The number of carbonyl (C=O) groups excluding carboxylic acids is 1. The van der Waals surface area contributed by atoms with E-state index in [1.165, 1.54) is 24.6 Å². The monoisotopic (exact) mass is 394 g/mol. The van der Waals surface area contributed by atoms with Gasteiger partial charge in [0.25, 0.3) is 0 Å². The Labute approximate surface area is 168 Å². The molecule has 1 heterocycles. The molecule has 0 spiro atoms. The minimum atomic E-state index is -1.60. The summed E-state index contributed by atoms with van der Waals surface area (Å²) >= 11 is 0. The summed E-state index contributed by atoms with van der Waals surface area (Å²) < 4.78 is 13.0. The fourth-order valence-corrected chi connectivity index (χ4v) is 10.4. The van der Waals surface area contributed by atoms with E-state index in [-0.39, 0.29) is 22.4 Å². The molecule has 4 heteroatoms. The summed E-state index contributed by atoms with van der Waals surface area (Å²) in [6.45, 7) is 16.6. The lowest BCUT2D eigenvalue weighted by Crippen LogP contribution is -2.63. The maximum Gasteiger partial charge on any atom is 0.306 e. The average Bonchev–Trinajstić information content (AvgIpc) is 2.60. The molecule has 3 fully saturated rings. The Bertz CT molecular complexity index is 562. The van der Waals surface area contributed by atoms with Gasteiger partial charge in [0.05, 0.1) is 6.10 Å². The molecule has 0 bridgehead atoms. The molecule has 3 rings (SSSR count). The molecule has 5 atom stereocenters. The molecule has 0 aromatic carbocycles. The van der Waals surface area contributed by atoms with Crippen LogP contribution in [0.4, 0.5) is 0 Å². The van der Waals surface area contributed by atoms with Crippen molar-refractivity contribution in [2.24, 2.45) is 22.7 Å². The second kappa shape index (κ2) is 7.16. The van der Waals surface area contributed by atoms with Gasteiger partial charge >= 0.3 is 5.97 Å². The number of ether oxygens (including phenoxy) is 1. The number of rotatable bonds is 5. The molecule has 2 saturated carbocycles. The number of hydrogen-bond donors (Lipinski definition) is 0. The Kier molecular flexibility index (Phi) is 5.66. The summed E-state index contributed by atoms with van der Waals surface area (Å²) in [4.78, 5) is 12.0. The molecule has 156 valence electrons. The zero-order valence-corrected chi connectivity index (χ0v) is 19.8. The first-order valence-corrected chi connectivity index (χ1v) is 14.0. The Morgan fingerprint density at radius 2 is 1.59 bits per heavy atom. The number of esters is 1. The van der Waals surface area contributed by atoms with Crippen molar-refractivity contribution >= 4 is 14.3 Å². The minimum Gasteiger partial charge on any atom is -0.459 e. The largest absolute Gasteiger partial charge is 0.459 e. The van der Waals surface area contributed by atoms with Crippen molar-refractivity contribution in [3.8, 4) is 0 Å². The topological polar surface area (TPSA) is 35.5 Å². The summed E-state index contributed by atoms with van der Waals surface area (Å²) in [5, 5.41) is 0. The molecule has 0 unspecified atom stereocenters. The van der Waals surface area contributed by atoms with Crippen molar-refractivity contribution < 1.29 is 14.0 Å². The highest BCUT2D eigenvalue weighted by Gasteiger charge is 2.63. The highest BCUT2D eigenvalue weighted by molar-refractivity contribution is 6.73. The SMILES string of the molecule is CC[Si](CC)(CC)O[C@@H]1CC[C@]2(C)[C@H]3CCC(=O)O[C@]3(C)CC[C@H]2C1(C)C. The van der Waals surface area contributed by atoms with Crippen molar-refractivity contribution in [2.45, 2.75) is 117 Å². The third-order valence-corrected chi connectivity index (χ3v) is 13.9. The van der Waals surface area contributed by atoms with E-state index >= 15 is 0 Å². The van der Waals surface area contributed by atoms with E-state index in [0.717, 1.165) is 25.7 Å². The van der Waals surface area contributed by atoms with E-state index in [1.54, 1.807) is 0 Å². The molecule has 0 aromatic heterocycles.